The Morgan fingerprint density at radius 3 is 2.70 bits per heavy atom. The van der Waals surface area contributed by atoms with Gasteiger partial charge in [-0.05, 0) is 36.2 Å². The SMILES string of the molecule is CCCN(Cc1cccnc1)Cc1ccccc1C#N. The molecule has 3 nitrogen and oxygen atoms in total. The van der Waals surface area contributed by atoms with Crippen molar-refractivity contribution in [3.63, 3.8) is 0 Å². The van der Waals surface area contributed by atoms with Gasteiger partial charge in [0.15, 0.2) is 0 Å². The first kappa shape index (κ1) is 14.2. The Labute approximate surface area is 120 Å². The molecule has 0 aliphatic rings. The van der Waals surface area contributed by atoms with Gasteiger partial charge in [-0.1, -0.05) is 31.2 Å². The van der Waals surface area contributed by atoms with Crippen LogP contribution >= 0.6 is 0 Å². The topological polar surface area (TPSA) is 39.9 Å². The molecule has 0 aliphatic carbocycles. The lowest BCUT2D eigenvalue weighted by Crippen LogP contribution is -2.24. The van der Waals surface area contributed by atoms with Gasteiger partial charge in [-0.3, -0.25) is 9.88 Å². The van der Waals surface area contributed by atoms with Crippen molar-refractivity contribution in [1.82, 2.24) is 9.88 Å². The van der Waals surface area contributed by atoms with Crippen molar-refractivity contribution in [3.8, 4) is 6.07 Å². The van der Waals surface area contributed by atoms with Crippen LogP contribution < -0.4 is 0 Å². The van der Waals surface area contributed by atoms with Crippen molar-refractivity contribution in [1.29, 1.82) is 5.26 Å². The third-order valence-electron chi connectivity index (χ3n) is 3.20. The molecule has 1 aromatic heterocycles. The Balaban J connectivity index is 2.11. The van der Waals surface area contributed by atoms with Crippen LogP contribution in [0.3, 0.4) is 0 Å². The van der Waals surface area contributed by atoms with Gasteiger partial charge in [0.1, 0.15) is 0 Å². The van der Waals surface area contributed by atoms with Gasteiger partial charge >= 0.3 is 0 Å². The van der Waals surface area contributed by atoms with Crippen molar-refractivity contribution in [2.75, 3.05) is 6.54 Å². The molecule has 0 aliphatic heterocycles. The fraction of sp³-hybridized carbons (Fsp3) is 0.294. The maximum Gasteiger partial charge on any atom is 0.0995 e. The van der Waals surface area contributed by atoms with Gasteiger partial charge in [0.25, 0.3) is 0 Å². The van der Waals surface area contributed by atoms with Crippen molar-refractivity contribution < 1.29 is 0 Å². The van der Waals surface area contributed by atoms with E-state index in [0.29, 0.717) is 0 Å². The number of rotatable bonds is 6. The number of hydrogen-bond acceptors (Lipinski definition) is 3. The minimum absolute atomic E-state index is 0.764. The molecule has 0 spiro atoms. The summed E-state index contributed by atoms with van der Waals surface area (Å²) >= 11 is 0. The Kier molecular flexibility index (Phi) is 5.28. The van der Waals surface area contributed by atoms with Crippen LogP contribution in [0.25, 0.3) is 0 Å². The molecule has 0 unspecified atom stereocenters. The zero-order valence-electron chi connectivity index (χ0n) is 11.8. The van der Waals surface area contributed by atoms with Crippen LogP contribution in [0.15, 0.2) is 48.8 Å². The lowest BCUT2D eigenvalue weighted by molar-refractivity contribution is 0.257. The van der Waals surface area contributed by atoms with Gasteiger partial charge in [-0.25, -0.2) is 0 Å². The van der Waals surface area contributed by atoms with Gasteiger partial charge in [0, 0.05) is 25.5 Å². The molecule has 1 heterocycles. The van der Waals surface area contributed by atoms with Crippen molar-refractivity contribution in [2.24, 2.45) is 0 Å². The largest absolute Gasteiger partial charge is 0.295 e. The number of nitrogens with zero attached hydrogens (tertiary/aromatic N) is 3. The molecule has 1 aromatic carbocycles. The molecule has 0 N–H and O–H groups in total. The maximum atomic E-state index is 9.17. The molecule has 0 amide bonds. The van der Waals surface area contributed by atoms with Gasteiger partial charge in [0.05, 0.1) is 11.6 Å². The molecule has 2 aromatic rings. The highest BCUT2D eigenvalue weighted by atomic mass is 15.1. The lowest BCUT2D eigenvalue weighted by atomic mass is 10.1. The second-order valence-electron chi connectivity index (χ2n) is 4.84. The van der Waals surface area contributed by atoms with Crippen LogP contribution in [0.1, 0.15) is 30.0 Å². The highest BCUT2D eigenvalue weighted by Crippen LogP contribution is 2.13. The Hall–Kier alpha value is -2.18. The molecular formula is C17H19N3. The first-order valence-electron chi connectivity index (χ1n) is 6.92. The normalized spacial score (nSPS) is 10.4. The zero-order chi connectivity index (χ0) is 14.2. The quantitative estimate of drug-likeness (QED) is 0.804. The Morgan fingerprint density at radius 2 is 2.00 bits per heavy atom. The maximum absolute atomic E-state index is 9.17. The molecule has 0 saturated carbocycles. The van der Waals surface area contributed by atoms with Crippen LogP contribution in [0.2, 0.25) is 0 Å². The summed E-state index contributed by atoms with van der Waals surface area (Å²) in [4.78, 5) is 6.51. The molecule has 0 atom stereocenters. The molecule has 3 heteroatoms. The Bertz CT molecular complexity index is 572. The fourth-order valence-corrected chi connectivity index (χ4v) is 2.29. The molecule has 20 heavy (non-hydrogen) atoms. The highest BCUT2D eigenvalue weighted by Gasteiger charge is 2.09. The molecule has 2 rings (SSSR count). The van der Waals surface area contributed by atoms with Gasteiger partial charge in [-0.2, -0.15) is 5.26 Å². The smallest absolute Gasteiger partial charge is 0.0995 e. The predicted octanol–water partition coefficient (Wildman–Crippen LogP) is 3.37. The first-order chi connectivity index (χ1) is 9.83. The van der Waals surface area contributed by atoms with E-state index in [4.69, 9.17) is 0 Å². The first-order valence-corrected chi connectivity index (χ1v) is 6.92. The van der Waals surface area contributed by atoms with Crippen LogP contribution in [0.4, 0.5) is 0 Å². The summed E-state index contributed by atoms with van der Waals surface area (Å²) in [5.41, 5.74) is 3.06. The average Bonchev–Trinajstić information content (AvgIpc) is 2.49. The number of pyridine rings is 1. The van der Waals surface area contributed by atoms with Gasteiger partial charge in [0.2, 0.25) is 0 Å². The zero-order valence-corrected chi connectivity index (χ0v) is 11.8. The lowest BCUT2D eigenvalue weighted by Gasteiger charge is -2.22. The number of nitriles is 1. The van der Waals surface area contributed by atoms with Crippen LogP contribution in [0.5, 0.6) is 0 Å². The second kappa shape index (κ2) is 7.42. The summed E-state index contributed by atoms with van der Waals surface area (Å²) in [5.74, 6) is 0. The molecule has 0 bridgehead atoms. The summed E-state index contributed by atoms with van der Waals surface area (Å²) in [6, 6.07) is 14.1. The van der Waals surface area contributed by atoms with E-state index >= 15 is 0 Å². The van der Waals surface area contributed by atoms with E-state index in [1.807, 2.05) is 36.5 Å². The van der Waals surface area contributed by atoms with Gasteiger partial charge in [-0.15, -0.1) is 0 Å². The fourth-order valence-electron chi connectivity index (χ4n) is 2.29. The number of hydrogen-bond donors (Lipinski definition) is 0. The van der Waals surface area contributed by atoms with E-state index in [1.165, 1.54) is 5.56 Å². The molecule has 102 valence electrons. The monoisotopic (exact) mass is 265 g/mol. The average molecular weight is 265 g/mol. The van der Waals surface area contributed by atoms with E-state index in [-0.39, 0.29) is 0 Å². The molecule has 0 fully saturated rings. The predicted molar refractivity (Wildman–Crippen MR) is 79.8 cm³/mol. The number of benzene rings is 1. The molecule has 0 saturated heterocycles. The third kappa shape index (κ3) is 3.91. The molecule has 0 radical (unpaired) electrons. The summed E-state index contributed by atoms with van der Waals surface area (Å²) in [5, 5.41) is 9.17. The summed E-state index contributed by atoms with van der Waals surface area (Å²) in [6.07, 6.45) is 4.78. The van der Waals surface area contributed by atoms with E-state index in [0.717, 1.165) is 37.2 Å². The van der Waals surface area contributed by atoms with Gasteiger partial charge < -0.3 is 0 Å². The van der Waals surface area contributed by atoms with Crippen molar-refractivity contribution in [3.05, 3.63) is 65.5 Å². The minimum atomic E-state index is 0.764. The summed E-state index contributed by atoms with van der Waals surface area (Å²) in [6.45, 7) is 4.84. The Morgan fingerprint density at radius 1 is 1.15 bits per heavy atom. The van der Waals surface area contributed by atoms with E-state index < -0.39 is 0 Å². The van der Waals surface area contributed by atoms with Crippen LogP contribution in [-0.4, -0.2) is 16.4 Å². The van der Waals surface area contributed by atoms with E-state index in [9.17, 15) is 5.26 Å². The van der Waals surface area contributed by atoms with Crippen molar-refractivity contribution in [2.45, 2.75) is 26.4 Å². The summed E-state index contributed by atoms with van der Waals surface area (Å²) < 4.78 is 0. The van der Waals surface area contributed by atoms with Crippen LogP contribution in [0, 0.1) is 11.3 Å². The summed E-state index contributed by atoms with van der Waals surface area (Å²) in [7, 11) is 0. The van der Waals surface area contributed by atoms with E-state index in [1.54, 1.807) is 6.20 Å². The molecular weight excluding hydrogens is 246 g/mol. The highest BCUT2D eigenvalue weighted by molar-refractivity contribution is 5.37. The second-order valence-corrected chi connectivity index (χ2v) is 4.84. The van der Waals surface area contributed by atoms with Crippen molar-refractivity contribution >= 4 is 0 Å². The third-order valence-corrected chi connectivity index (χ3v) is 3.20. The number of aromatic nitrogens is 1. The van der Waals surface area contributed by atoms with E-state index in [2.05, 4.69) is 28.9 Å². The standard InChI is InChI=1S/C17H19N3/c1-2-10-20(13-15-6-5-9-19-12-15)14-17-8-4-3-7-16(17)11-18/h3-9,12H,2,10,13-14H2,1H3. The van der Waals surface area contributed by atoms with Crippen LogP contribution in [-0.2, 0) is 13.1 Å². The minimum Gasteiger partial charge on any atom is -0.295 e.